The molecule has 1 atom stereocenters. The molecule has 0 radical (unpaired) electrons. The summed E-state index contributed by atoms with van der Waals surface area (Å²) in [5, 5.41) is 9.07. The third-order valence-corrected chi connectivity index (χ3v) is 5.29. The zero-order chi connectivity index (χ0) is 14.9. The first-order chi connectivity index (χ1) is 9.32. The molecule has 2 rings (SSSR count). The van der Waals surface area contributed by atoms with E-state index in [-0.39, 0.29) is 22.9 Å². The summed E-state index contributed by atoms with van der Waals surface area (Å²) < 4.78 is 39.1. The molecule has 0 amide bonds. The van der Waals surface area contributed by atoms with Gasteiger partial charge in [-0.1, -0.05) is 11.6 Å². The van der Waals surface area contributed by atoms with Crippen LogP contribution < -0.4 is 0 Å². The molecular weight excluding hydrogens is 309 g/mol. The standard InChI is InChI=1S/C12H13ClFNO4S/c13-8-5-9(14)7-10(6-8)20(18,19)15-4-2-1-3-11(15)12(16)17/h5-7,11H,1-4H2,(H,16,17). The first-order valence-corrected chi connectivity index (χ1v) is 7.85. The topological polar surface area (TPSA) is 74.7 Å². The average molecular weight is 322 g/mol. The first kappa shape index (κ1) is 15.2. The SMILES string of the molecule is O=C(O)C1CCCCN1S(=O)(=O)c1cc(F)cc(Cl)c1. The lowest BCUT2D eigenvalue weighted by Crippen LogP contribution is -2.47. The smallest absolute Gasteiger partial charge is 0.322 e. The van der Waals surface area contributed by atoms with Gasteiger partial charge < -0.3 is 5.11 Å². The predicted octanol–water partition coefficient (Wildman–Crippen LogP) is 2.11. The van der Waals surface area contributed by atoms with Gasteiger partial charge in [0.1, 0.15) is 11.9 Å². The lowest BCUT2D eigenvalue weighted by molar-refractivity contribution is -0.142. The van der Waals surface area contributed by atoms with Gasteiger partial charge in [-0.15, -0.1) is 0 Å². The van der Waals surface area contributed by atoms with Gasteiger partial charge in [-0.3, -0.25) is 4.79 Å². The van der Waals surface area contributed by atoms with Crippen LogP contribution in [0.5, 0.6) is 0 Å². The Labute approximate surface area is 121 Å². The van der Waals surface area contributed by atoms with Crippen molar-refractivity contribution in [1.29, 1.82) is 0 Å². The number of carbonyl (C=O) groups is 1. The van der Waals surface area contributed by atoms with Gasteiger partial charge in [-0.05, 0) is 37.5 Å². The Kier molecular flexibility index (Phi) is 4.31. The zero-order valence-corrected chi connectivity index (χ0v) is 12.0. The summed E-state index contributed by atoms with van der Waals surface area (Å²) >= 11 is 5.65. The summed E-state index contributed by atoms with van der Waals surface area (Å²) in [7, 11) is -4.07. The molecule has 20 heavy (non-hydrogen) atoms. The van der Waals surface area contributed by atoms with Gasteiger partial charge in [-0.25, -0.2) is 12.8 Å². The number of carboxylic acid groups (broad SMARTS) is 1. The highest BCUT2D eigenvalue weighted by atomic mass is 35.5. The summed E-state index contributed by atoms with van der Waals surface area (Å²) in [6.45, 7) is 0.105. The third kappa shape index (κ3) is 2.94. The molecule has 1 aromatic carbocycles. The Morgan fingerprint density at radius 2 is 2.05 bits per heavy atom. The summed E-state index contributed by atoms with van der Waals surface area (Å²) in [6.07, 6.45) is 1.47. The molecule has 110 valence electrons. The number of sulfonamides is 1. The van der Waals surface area contributed by atoms with Crippen molar-refractivity contribution in [3.05, 3.63) is 29.0 Å². The van der Waals surface area contributed by atoms with Crippen LogP contribution in [0.3, 0.4) is 0 Å². The monoisotopic (exact) mass is 321 g/mol. The van der Waals surface area contributed by atoms with E-state index < -0.39 is 27.9 Å². The van der Waals surface area contributed by atoms with Crippen LogP contribution in [0.15, 0.2) is 23.1 Å². The van der Waals surface area contributed by atoms with Gasteiger partial charge >= 0.3 is 5.97 Å². The molecule has 1 fully saturated rings. The average Bonchev–Trinajstić information content (AvgIpc) is 2.37. The van der Waals surface area contributed by atoms with Crippen molar-refractivity contribution in [3.8, 4) is 0 Å². The van der Waals surface area contributed by atoms with Crippen molar-refractivity contribution in [1.82, 2.24) is 4.31 Å². The van der Waals surface area contributed by atoms with Gasteiger partial charge in [0.25, 0.3) is 0 Å². The molecule has 0 aliphatic carbocycles. The third-order valence-electron chi connectivity index (χ3n) is 3.18. The number of halogens is 2. The molecule has 5 nitrogen and oxygen atoms in total. The van der Waals surface area contributed by atoms with E-state index in [1.807, 2.05) is 0 Å². The normalized spacial score (nSPS) is 20.8. The van der Waals surface area contributed by atoms with E-state index in [9.17, 15) is 17.6 Å². The minimum absolute atomic E-state index is 0.0486. The van der Waals surface area contributed by atoms with Crippen LogP contribution in [0, 0.1) is 5.82 Å². The summed E-state index contributed by atoms with van der Waals surface area (Å²) in [5.74, 6) is -1.98. The lowest BCUT2D eigenvalue weighted by atomic mass is 10.1. The second-order valence-electron chi connectivity index (χ2n) is 4.57. The fourth-order valence-corrected chi connectivity index (χ4v) is 4.25. The largest absolute Gasteiger partial charge is 0.480 e. The van der Waals surface area contributed by atoms with Gasteiger partial charge in [0.2, 0.25) is 10.0 Å². The minimum Gasteiger partial charge on any atom is -0.480 e. The van der Waals surface area contributed by atoms with Crippen molar-refractivity contribution in [3.63, 3.8) is 0 Å². The number of piperidine rings is 1. The number of hydrogen-bond acceptors (Lipinski definition) is 3. The number of carboxylic acids is 1. The molecule has 1 aromatic rings. The number of hydrogen-bond donors (Lipinski definition) is 1. The zero-order valence-electron chi connectivity index (χ0n) is 10.4. The van der Waals surface area contributed by atoms with E-state index in [1.54, 1.807) is 0 Å². The molecule has 8 heteroatoms. The molecule has 1 N–H and O–H groups in total. The van der Waals surface area contributed by atoms with Gasteiger partial charge in [0.05, 0.1) is 4.90 Å². The molecule has 1 saturated heterocycles. The Morgan fingerprint density at radius 1 is 1.35 bits per heavy atom. The van der Waals surface area contributed by atoms with Crippen molar-refractivity contribution in [2.75, 3.05) is 6.54 Å². The Balaban J connectivity index is 2.44. The van der Waals surface area contributed by atoms with E-state index in [2.05, 4.69) is 0 Å². The molecule has 1 aliphatic heterocycles. The molecule has 0 aromatic heterocycles. The van der Waals surface area contributed by atoms with Gasteiger partial charge in [-0.2, -0.15) is 4.31 Å². The lowest BCUT2D eigenvalue weighted by Gasteiger charge is -2.31. The maximum absolute atomic E-state index is 13.3. The fourth-order valence-electron chi connectivity index (χ4n) is 2.25. The Morgan fingerprint density at radius 3 is 2.65 bits per heavy atom. The maximum atomic E-state index is 13.3. The van der Waals surface area contributed by atoms with Crippen molar-refractivity contribution >= 4 is 27.6 Å². The maximum Gasteiger partial charge on any atom is 0.322 e. The van der Waals surface area contributed by atoms with E-state index in [4.69, 9.17) is 16.7 Å². The number of aliphatic carboxylic acids is 1. The Bertz CT molecular complexity index is 614. The summed E-state index contributed by atoms with van der Waals surface area (Å²) in [6, 6.07) is 1.84. The fraction of sp³-hybridized carbons (Fsp3) is 0.417. The van der Waals surface area contributed by atoms with Crippen LogP contribution in [0.25, 0.3) is 0 Å². The highest BCUT2D eigenvalue weighted by Crippen LogP contribution is 2.27. The highest BCUT2D eigenvalue weighted by Gasteiger charge is 2.37. The van der Waals surface area contributed by atoms with Crippen LogP contribution in [-0.4, -0.2) is 36.4 Å². The number of rotatable bonds is 3. The minimum atomic E-state index is -4.07. The molecule has 0 bridgehead atoms. The van der Waals surface area contributed by atoms with Crippen molar-refractivity contribution < 1.29 is 22.7 Å². The van der Waals surface area contributed by atoms with Crippen molar-refractivity contribution in [2.24, 2.45) is 0 Å². The second-order valence-corrected chi connectivity index (χ2v) is 6.90. The molecule has 0 spiro atoms. The first-order valence-electron chi connectivity index (χ1n) is 6.03. The van der Waals surface area contributed by atoms with Gasteiger partial charge in [0.15, 0.2) is 0 Å². The Hall–Kier alpha value is -1.18. The van der Waals surface area contributed by atoms with Crippen LogP contribution in [0.4, 0.5) is 4.39 Å². The molecule has 0 saturated carbocycles. The summed E-state index contributed by atoms with van der Waals surface area (Å²) in [5.41, 5.74) is 0. The van der Waals surface area contributed by atoms with E-state index in [0.29, 0.717) is 12.8 Å². The quantitative estimate of drug-likeness (QED) is 0.925. The van der Waals surface area contributed by atoms with E-state index in [0.717, 1.165) is 22.5 Å². The highest BCUT2D eigenvalue weighted by molar-refractivity contribution is 7.89. The molecule has 1 aliphatic rings. The predicted molar refractivity (Wildman–Crippen MR) is 70.6 cm³/mol. The number of nitrogens with zero attached hydrogens (tertiary/aromatic N) is 1. The van der Waals surface area contributed by atoms with Crippen LogP contribution in [-0.2, 0) is 14.8 Å². The van der Waals surface area contributed by atoms with E-state index in [1.165, 1.54) is 0 Å². The molecular formula is C12H13ClFNO4S. The molecule has 1 unspecified atom stereocenters. The van der Waals surface area contributed by atoms with Crippen LogP contribution in [0.1, 0.15) is 19.3 Å². The second kappa shape index (κ2) is 5.67. The van der Waals surface area contributed by atoms with Crippen LogP contribution >= 0.6 is 11.6 Å². The number of benzene rings is 1. The summed E-state index contributed by atoms with van der Waals surface area (Å²) in [4.78, 5) is 10.8. The van der Waals surface area contributed by atoms with E-state index >= 15 is 0 Å². The van der Waals surface area contributed by atoms with Gasteiger partial charge in [0, 0.05) is 11.6 Å². The molecule has 1 heterocycles. The van der Waals surface area contributed by atoms with Crippen LogP contribution in [0.2, 0.25) is 5.02 Å². The van der Waals surface area contributed by atoms with Crippen molar-refractivity contribution in [2.45, 2.75) is 30.2 Å².